The summed E-state index contributed by atoms with van der Waals surface area (Å²) in [6, 6.07) is 5.43. The number of benzene rings is 1. The van der Waals surface area contributed by atoms with Gasteiger partial charge in [-0.25, -0.2) is 0 Å². The van der Waals surface area contributed by atoms with Crippen LogP contribution in [-0.2, 0) is 6.61 Å². The fraction of sp³-hybridized carbons (Fsp3) is 0.500. The van der Waals surface area contributed by atoms with Gasteiger partial charge in [-0.3, -0.25) is 0 Å². The first-order valence-corrected chi connectivity index (χ1v) is 6.91. The second-order valence-corrected chi connectivity index (χ2v) is 5.07. The largest absolute Gasteiger partial charge is 0.493 e. The van der Waals surface area contributed by atoms with Gasteiger partial charge < -0.3 is 9.84 Å². The number of ether oxygens (including phenoxy) is 1. The number of thioether (sulfide) groups is 1. The van der Waals surface area contributed by atoms with Crippen LogP contribution in [0.15, 0.2) is 18.2 Å². The summed E-state index contributed by atoms with van der Waals surface area (Å²) in [5.41, 5.74) is 0.673. The first kappa shape index (κ1) is 13.7. The van der Waals surface area contributed by atoms with Crippen molar-refractivity contribution >= 4 is 23.4 Å². The van der Waals surface area contributed by atoms with Gasteiger partial charge in [0.1, 0.15) is 5.75 Å². The third kappa shape index (κ3) is 4.24. The molecule has 0 aliphatic heterocycles. The van der Waals surface area contributed by atoms with Crippen LogP contribution in [0.5, 0.6) is 5.75 Å². The standard InChI is InChI=1S/C12H17ClO2S/c1-2-16-8-4-7-15-12-6-3-5-11(13)10(12)9-14/h3,5-6,14H,2,4,7-9H2,1H3. The first-order valence-electron chi connectivity index (χ1n) is 5.38. The van der Waals surface area contributed by atoms with Crippen LogP contribution in [-0.4, -0.2) is 23.2 Å². The van der Waals surface area contributed by atoms with Gasteiger partial charge in [-0.15, -0.1) is 0 Å². The van der Waals surface area contributed by atoms with Crippen molar-refractivity contribution in [2.75, 3.05) is 18.1 Å². The Labute approximate surface area is 106 Å². The molecule has 0 unspecified atom stereocenters. The van der Waals surface area contributed by atoms with E-state index in [4.69, 9.17) is 16.3 Å². The van der Waals surface area contributed by atoms with Crippen LogP contribution < -0.4 is 4.74 Å². The predicted molar refractivity (Wildman–Crippen MR) is 70.5 cm³/mol. The van der Waals surface area contributed by atoms with E-state index in [-0.39, 0.29) is 6.61 Å². The summed E-state index contributed by atoms with van der Waals surface area (Å²) in [5.74, 6) is 2.93. The summed E-state index contributed by atoms with van der Waals surface area (Å²) in [5, 5.41) is 9.73. The number of hydrogen-bond donors (Lipinski definition) is 1. The van der Waals surface area contributed by atoms with Crippen LogP contribution in [0.25, 0.3) is 0 Å². The van der Waals surface area contributed by atoms with E-state index in [1.807, 2.05) is 23.9 Å². The Morgan fingerprint density at radius 2 is 2.25 bits per heavy atom. The minimum Gasteiger partial charge on any atom is -0.493 e. The van der Waals surface area contributed by atoms with Gasteiger partial charge in [-0.2, -0.15) is 11.8 Å². The predicted octanol–water partition coefficient (Wildman–Crippen LogP) is 3.35. The van der Waals surface area contributed by atoms with Crippen LogP contribution >= 0.6 is 23.4 Å². The molecule has 0 aliphatic carbocycles. The number of aliphatic hydroxyl groups is 1. The normalized spacial score (nSPS) is 10.4. The van der Waals surface area contributed by atoms with Crippen molar-refractivity contribution in [3.8, 4) is 5.75 Å². The average Bonchev–Trinajstić information content (AvgIpc) is 2.29. The van der Waals surface area contributed by atoms with E-state index in [1.54, 1.807) is 6.07 Å². The van der Waals surface area contributed by atoms with Crippen molar-refractivity contribution in [1.82, 2.24) is 0 Å². The molecule has 4 heteroatoms. The van der Waals surface area contributed by atoms with Gasteiger partial charge in [0.15, 0.2) is 0 Å². The lowest BCUT2D eigenvalue weighted by molar-refractivity contribution is 0.263. The SMILES string of the molecule is CCSCCCOc1cccc(Cl)c1CO. The maximum absolute atomic E-state index is 9.17. The number of hydrogen-bond acceptors (Lipinski definition) is 3. The molecule has 0 radical (unpaired) electrons. The van der Waals surface area contributed by atoms with Gasteiger partial charge in [0.25, 0.3) is 0 Å². The fourth-order valence-corrected chi connectivity index (χ4v) is 2.15. The molecule has 0 spiro atoms. The monoisotopic (exact) mass is 260 g/mol. The molecule has 2 nitrogen and oxygen atoms in total. The molecule has 0 fully saturated rings. The molecule has 0 atom stereocenters. The molecule has 90 valence electrons. The highest BCUT2D eigenvalue weighted by Crippen LogP contribution is 2.26. The zero-order chi connectivity index (χ0) is 11.8. The van der Waals surface area contributed by atoms with Gasteiger partial charge in [0, 0.05) is 10.6 Å². The van der Waals surface area contributed by atoms with E-state index < -0.39 is 0 Å². The highest BCUT2D eigenvalue weighted by atomic mass is 35.5. The molecule has 0 saturated carbocycles. The summed E-state index contributed by atoms with van der Waals surface area (Å²) in [7, 11) is 0. The molecule has 1 rings (SSSR count). The summed E-state index contributed by atoms with van der Waals surface area (Å²) in [6.45, 7) is 2.73. The number of rotatable bonds is 7. The van der Waals surface area contributed by atoms with Gasteiger partial charge in [0.05, 0.1) is 13.2 Å². The Kier molecular flexibility index (Phi) is 6.69. The third-order valence-corrected chi connectivity index (χ3v) is 3.47. The average molecular weight is 261 g/mol. The van der Waals surface area contributed by atoms with E-state index in [0.29, 0.717) is 22.9 Å². The zero-order valence-electron chi connectivity index (χ0n) is 9.41. The van der Waals surface area contributed by atoms with Crippen molar-refractivity contribution in [3.05, 3.63) is 28.8 Å². The van der Waals surface area contributed by atoms with Crippen LogP contribution in [0.3, 0.4) is 0 Å². The Morgan fingerprint density at radius 1 is 1.44 bits per heavy atom. The maximum Gasteiger partial charge on any atom is 0.126 e. The Hall–Kier alpha value is -0.380. The highest BCUT2D eigenvalue weighted by Gasteiger charge is 2.06. The van der Waals surface area contributed by atoms with Crippen molar-refractivity contribution < 1.29 is 9.84 Å². The molecular weight excluding hydrogens is 244 g/mol. The van der Waals surface area contributed by atoms with E-state index in [1.165, 1.54) is 0 Å². The number of aliphatic hydroxyl groups excluding tert-OH is 1. The van der Waals surface area contributed by atoms with Crippen LogP contribution in [0.1, 0.15) is 18.9 Å². The molecule has 16 heavy (non-hydrogen) atoms. The second-order valence-electron chi connectivity index (χ2n) is 3.27. The third-order valence-electron chi connectivity index (χ3n) is 2.13. The van der Waals surface area contributed by atoms with Crippen LogP contribution in [0.4, 0.5) is 0 Å². The summed E-state index contributed by atoms with van der Waals surface area (Å²) in [4.78, 5) is 0. The van der Waals surface area contributed by atoms with Crippen LogP contribution in [0.2, 0.25) is 5.02 Å². The lowest BCUT2D eigenvalue weighted by Crippen LogP contribution is -2.02. The first-order chi connectivity index (χ1) is 7.79. The molecule has 0 heterocycles. The smallest absolute Gasteiger partial charge is 0.126 e. The van der Waals surface area contributed by atoms with E-state index in [2.05, 4.69) is 6.92 Å². The van der Waals surface area contributed by atoms with E-state index >= 15 is 0 Å². The number of halogens is 1. The Bertz CT molecular complexity index is 318. The lowest BCUT2D eigenvalue weighted by atomic mass is 10.2. The fourth-order valence-electron chi connectivity index (χ4n) is 1.31. The van der Waals surface area contributed by atoms with Crippen molar-refractivity contribution in [2.24, 2.45) is 0 Å². The highest BCUT2D eigenvalue weighted by molar-refractivity contribution is 7.99. The van der Waals surface area contributed by atoms with E-state index in [0.717, 1.165) is 17.9 Å². The van der Waals surface area contributed by atoms with E-state index in [9.17, 15) is 5.11 Å². The van der Waals surface area contributed by atoms with Crippen molar-refractivity contribution in [2.45, 2.75) is 20.0 Å². The van der Waals surface area contributed by atoms with Gasteiger partial charge >= 0.3 is 0 Å². The van der Waals surface area contributed by atoms with Gasteiger partial charge in [0.2, 0.25) is 0 Å². The van der Waals surface area contributed by atoms with Crippen molar-refractivity contribution in [3.63, 3.8) is 0 Å². The minimum absolute atomic E-state index is 0.0846. The molecule has 0 amide bonds. The topological polar surface area (TPSA) is 29.5 Å². The molecule has 1 aromatic rings. The summed E-state index contributed by atoms with van der Waals surface area (Å²) in [6.07, 6.45) is 1.01. The molecule has 1 aromatic carbocycles. The molecular formula is C12H17ClO2S. The molecule has 0 bridgehead atoms. The Balaban J connectivity index is 2.44. The van der Waals surface area contributed by atoms with Crippen molar-refractivity contribution in [1.29, 1.82) is 0 Å². The second kappa shape index (κ2) is 7.82. The molecule has 0 saturated heterocycles. The zero-order valence-corrected chi connectivity index (χ0v) is 11.0. The molecule has 0 aromatic heterocycles. The van der Waals surface area contributed by atoms with Crippen LogP contribution in [0, 0.1) is 0 Å². The van der Waals surface area contributed by atoms with Gasteiger partial charge in [-0.1, -0.05) is 24.6 Å². The lowest BCUT2D eigenvalue weighted by Gasteiger charge is -2.10. The maximum atomic E-state index is 9.17. The summed E-state index contributed by atoms with van der Waals surface area (Å²) < 4.78 is 5.60. The Morgan fingerprint density at radius 3 is 2.94 bits per heavy atom. The molecule has 0 aliphatic rings. The van der Waals surface area contributed by atoms with Gasteiger partial charge in [-0.05, 0) is 30.1 Å². The minimum atomic E-state index is -0.0846. The quantitative estimate of drug-likeness (QED) is 0.763. The molecule has 1 N–H and O–H groups in total. The summed E-state index contributed by atoms with van der Waals surface area (Å²) >= 11 is 7.85.